The Balaban J connectivity index is 2.42. The molecule has 1 rings (SSSR count). The minimum Gasteiger partial charge on any atom is -0.383 e. The van der Waals surface area contributed by atoms with Crippen LogP contribution in [0.5, 0.6) is 0 Å². The highest BCUT2D eigenvalue weighted by Crippen LogP contribution is 2.07. The van der Waals surface area contributed by atoms with E-state index in [0.717, 1.165) is 4.88 Å². The molecule has 0 radical (unpaired) electrons. The molecule has 1 amide bonds. The van der Waals surface area contributed by atoms with E-state index in [4.69, 9.17) is 4.74 Å². The van der Waals surface area contributed by atoms with Crippen molar-refractivity contribution in [3.05, 3.63) is 22.4 Å². The fourth-order valence-electron chi connectivity index (χ4n) is 0.994. The van der Waals surface area contributed by atoms with Crippen molar-refractivity contribution in [2.24, 2.45) is 0 Å². The zero-order valence-electron chi connectivity index (χ0n) is 7.74. The summed E-state index contributed by atoms with van der Waals surface area (Å²) in [7, 11) is 1.62. The Morgan fingerprint density at radius 3 is 3.08 bits per heavy atom. The molecule has 72 valence electrons. The van der Waals surface area contributed by atoms with Gasteiger partial charge in [-0.1, -0.05) is 6.07 Å². The summed E-state index contributed by atoms with van der Waals surface area (Å²) in [6.07, 6.45) is 0. The fourth-order valence-corrected chi connectivity index (χ4v) is 1.62. The maximum absolute atomic E-state index is 11.4. The van der Waals surface area contributed by atoms with Crippen LogP contribution >= 0.6 is 11.3 Å². The fraction of sp³-hybridized carbons (Fsp3) is 0.444. The summed E-state index contributed by atoms with van der Waals surface area (Å²) in [5, 5.41) is 4.71. The molecule has 4 heteroatoms. The molecule has 1 N–H and O–H groups in total. The highest BCUT2D eigenvalue weighted by Gasteiger charge is 2.09. The number of hydrogen-bond acceptors (Lipinski definition) is 3. The van der Waals surface area contributed by atoms with Crippen molar-refractivity contribution in [3.8, 4) is 0 Å². The lowest BCUT2D eigenvalue weighted by atomic mass is 10.3. The number of amides is 1. The van der Waals surface area contributed by atoms with E-state index in [0.29, 0.717) is 6.61 Å². The Morgan fingerprint density at radius 2 is 2.54 bits per heavy atom. The zero-order chi connectivity index (χ0) is 9.68. The zero-order valence-corrected chi connectivity index (χ0v) is 8.56. The van der Waals surface area contributed by atoms with Gasteiger partial charge in [0.15, 0.2) is 0 Å². The van der Waals surface area contributed by atoms with Crippen molar-refractivity contribution in [2.75, 3.05) is 13.7 Å². The lowest BCUT2D eigenvalue weighted by Gasteiger charge is -2.11. The van der Waals surface area contributed by atoms with Crippen LogP contribution in [-0.2, 0) is 4.74 Å². The first-order valence-corrected chi connectivity index (χ1v) is 4.95. The van der Waals surface area contributed by atoms with Crippen LogP contribution in [0.4, 0.5) is 0 Å². The molecule has 0 saturated carbocycles. The van der Waals surface area contributed by atoms with Crippen molar-refractivity contribution in [1.82, 2.24) is 5.32 Å². The Labute approximate surface area is 81.7 Å². The molecule has 0 spiro atoms. The molecular formula is C9H13NO2S. The molecule has 1 unspecified atom stereocenters. The standard InChI is InChI=1S/C9H13NO2S/c1-7(6-12-2)10-9(11)8-4-3-5-13-8/h3-5,7H,6H2,1-2H3,(H,10,11). The lowest BCUT2D eigenvalue weighted by molar-refractivity contribution is 0.0909. The second-order valence-electron chi connectivity index (χ2n) is 2.81. The predicted molar refractivity (Wildman–Crippen MR) is 53.1 cm³/mol. The maximum atomic E-state index is 11.4. The van der Waals surface area contributed by atoms with Gasteiger partial charge in [0.2, 0.25) is 0 Å². The molecular weight excluding hydrogens is 186 g/mol. The summed E-state index contributed by atoms with van der Waals surface area (Å²) >= 11 is 1.44. The van der Waals surface area contributed by atoms with E-state index in [9.17, 15) is 4.79 Å². The highest BCUT2D eigenvalue weighted by atomic mass is 32.1. The minimum absolute atomic E-state index is 0.0282. The summed E-state index contributed by atoms with van der Waals surface area (Å²) in [4.78, 5) is 12.2. The first-order chi connectivity index (χ1) is 6.24. The van der Waals surface area contributed by atoms with E-state index in [2.05, 4.69) is 5.32 Å². The first kappa shape index (κ1) is 10.2. The van der Waals surface area contributed by atoms with Gasteiger partial charge in [0.05, 0.1) is 11.5 Å². The molecule has 0 aliphatic rings. The summed E-state index contributed by atoms with van der Waals surface area (Å²) in [5.41, 5.74) is 0. The van der Waals surface area contributed by atoms with Gasteiger partial charge in [-0.15, -0.1) is 11.3 Å². The number of thiophene rings is 1. The molecule has 1 atom stereocenters. The molecule has 0 aliphatic heterocycles. The van der Waals surface area contributed by atoms with E-state index in [1.165, 1.54) is 11.3 Å². The van der Waals surface area contributed by atoms with E-state index in [1.54, 1.807) is 13.2 Å². The molecule has 0 aromatic carbocycles. The van der Waals surface area contributed by atoms with Crippen LogP contribution in [0.25, 0.3) is 0 Å². The van der Waals surface area contributed by atoms with Crippen molar-refractivity contribution in [2.45, 2.75) is 13.0 Å². The van der Waals surface area contributed by atoms with Crippen LogP contribution in [-0.4, -0.2) is 25.7 Å². The van der Waals surface area contributed by atoms with Gasteiger partial charge in [-0.25, -0.2) is 0 Å². The monoisotopic (exact) mass is 199 g/mol. The van der Waals surface area contributed by atoms with Crippen LogP contribution in [0, 0.1) is 0 Å². The number of carbonyl (C=O) groups excluding carboxylic acids is 1. The second kappa shape index (κ2) is 4.99. The van der Waals surface area contributed by atoms with Crippen molar-refractivity contribution >= 4 is 17.2 Å². The molecule has 1 heterocycles. The van der Waals surface area contributed by atoms with E-state index in [-0.39, 0.29) is 11.9 Å². The number of methoxy groups -OCH3 is 1. The van der Waals surface area contributed by atoms with Gasteiger partial charge in [-0.2, -0.15) is 0 Å². The van der Waals surface area contributed by atoms with Gasteiger partial charge in [-0.05, 0) is 18.4 Å². The quantitative estimate of drug-likeness (QED) is 0.798. The van der Waals surface area contributed by atoms with Crippen LogP contribution < -0.4 is 5.32 Å². The molecule has 0 aliphatic carbocycles. The minimum atomic E-state index is -0.0282. The third-order valence-corrected chi connectivity index (χ3v) is 2.41. The molecule has 0 saturated heterocycles. The van der Waals surface area contributed by atoms with Gasteiger partial charge in [0.25, 0.3) is 5.91 Å². The smallest absolute Gasteiger partial charge is 0.261 e. The Kier molecular flexibility index (Phi) is 3.92. The van der Waals surface area contributed by atoms with Gasteiger partial charge >= 0.3 is 0 Å². The summed E-state index contributed by atoms with van der Waals surface area (Å²) < 4.78 is 4.91. The molecule has 1 aromatic heterocycles. The van der Waals surface area contributed by atoms with Crippen molar-refractivity contribution < 1.29 is 9.53 Å². The van der Waals surface area contributed by atoms with E-state index >= 15 is 0 Å². The van der Waals surface area contributed by atoms with Crippen LogP contribution in [0.15, 0.2) is 17.5 Å². The molecule has 3 nitrogen and oxygen atoms in total. The molecule has 13 heavy (non-hydrogen) atoms. The number of rotatable bonds is 4. The third kappa shape index (κ3) is 3.16. The average Bonchev–Trinajstić information content (AvgIpc) is 2.55. The van der Waals surface area contributed by atoms with Gasteiger partial charge in [0, 0.05) is 13.2 Å². The Morgan fingerprint density at radius 1 is 1.77 bits per heavy atom. The number of nitrogens with one attached hydrogen (secondary N) is 1. The summed E-state index contributed by atoms with van der Waals surface area (Å²) in [6, 6.07) is 3.72. The van der Waals surface area contributed by atoms with E-state index < -0.39 is 0 Å². The average molecular weight is 199 g/mol. The highest BCUT2D eigenvalue weighted by molar-refractivity contribution is 7.12. The summed E-state index contributed by atoms with van der Waals surface area (Å²) in [5.74, 6) is -0.0282. The SMILES string of the molecule is COCC(C)NC(=O)c1cccs1. The van der Waals surface area contributed by atoms with Crippen LogP contribution in [0.3, 0.4) is 0 Å². The van der Waals surface area contributed by atoms with Crippen molar-refractivity contribution in [1.29, 1.82) is 0 Å². The Hall–Kier alpha value is -0.870. The van der Waals surface area contributed by atoms with Gasteiger partial charge in [-0.3, -0.25) is 4.79 Å². The van der Waals surface area contributed by atoms with Crippen LogP contribution in [0.1, 0.15) is 16.6 Å². The van der Waals surface area contributed by atoms with Crippen molar-refractivity contribution in [3.63, 3.8) is 0 Å². The number of carbonyl (C=O) groups is 1. The largest absolute Gasteiger partial charge is 0.383 e. The molecule has 1 aromatic rings. The topological polar surface area (TPSA) is 38.3 Å². The summed E-state index contributed by atoms with van der Waals surface area (Å²) in [6.45, 7) is 2.45. The second-order valence-corrected chi connectivity index (χ2v) is 3.75. The van der Waals surface area contributed by atoms with E-state index in [1.807, 2.05) is 18.4 Å². The molecule has 0 fully saturated rings. The van der Waals surface area contributed by atoms with Gasteiger partial charge in [0.1, 0.15) is 0 Å². The normalized spacial score (nSPS) is 12.5. The number of hydrogen-bond donors (Lipinski definition) is 1. The third-order valence-electron chi connectivity index (χ3n) is 1.54. The maximum Gasteiger partial charge on any atom is 0.261 e. The lowest BCUT2D eigenvalue weighted by Crippen LogP contribution is -2.35. The predicted octanol–water partition coefficient (Wildman–Crippen LogP) is 1.51. The Bertz CT molecular complexity index is 259. The van der Waals surface area contributed by atoms with Crippen LogP contribution in [0.2, 0.25) is 0 Å². The molecule has 0 bridgehead atoms. The van der Waals surface area contributed by atoms with Gasteiger partial charge < -0.3 is 10.1 Å². The number of ether oxygens (including phenoxy) is 1. The first-order valence-electron chi connectivity index (χ1n) is 4.07.